The summed E-state index contributed by atoms with van der Waals surface area (Å²) in [5.41, 5.74) is 0. The molecule has 8 heteroatoms. The van der Waals surface area contributed by atoms with Gasteiger partial charge < -0.3 is 4.90 Å². The molecule has 134 valence electrons. The predicted molar refractivity (Wildman–Crippen MR) is 95.0 cm³/mol. The minimum Gasteiger partial charge on any atom is -0.338 e. The molecular formula is C16H25N3O3S2. The zero-order valence-corrected chi connectivity index (χ0v) is 15.9. The van der Waals surface area contributed by atoms with Gasteiger partial charge in [0.1, 0.15) is 0 Å². The van der Waals surface area contributed by atoms with Crippen LogP contribution in [0.3, 0.4) is 0 Å². The second kappa shape index (κ2) is 7.11. The van der Waals surface area contributed by atoms with Crippen molar-refractivity contribution in [1.82, 2.24) is 13.5 Å². The number of amides is 1. The smallest absolute Gasteiger partial charge is 0.281 e. The predicted octanol–water partition coefficient (Wildman–Crippen LogP) is 1.41. The molecule has 3 aliphatic heterocycles. The number of thiophene rings is 1. The number of piperidine rings is 1. The van der Waals surface area contributed by atoms with Crippen LogP contribution in [0.1, 0.15) is 24.1 Å². The number of fused-ring (bicyclic) bond motifs is 4. The third-order valence-electron chi connectivity index (χ3n) is 4.95. The zero-order valence-electron chi connectivity index (χ0n) is 14.2. The first kappa shape index (κ1) is 17.8. The van der Waals surface area contributed by atoms with Crippen molar-refractivity contribution in [3.05, 3.63) is 22.4 Å². The van der Waals surface area contributed by atoms with Gasteiger partial charge in [-0.25, -0.2) is 0 Å². The van der Waals surface area contributed by atoms with Crippen LogP contribution in [0.4, 0.5) is 0 Å². The third-order valence-corrected chi connectivity index (χ3v) is 7.76. The highest BCUT2D eigenvalue weighted by Crippen LogP contribution is 2.30. The zero-order chi connectivity index (χ0) is 17.3. The van der Waals surface area contributed by atoms with Crippen LogP contribution in [0, 0.1) is 5.92 Å². The van der Waals surface area contributed by atoms with Crippen LogP contribution in [-0.2, 0) is 21.4 Å². The number of carbonyl (C=O) groups excluding carboxylic acids is 1. The molecule has 3 aliphatic rings. The molecule has 0 aromatic carbocycles. The molecule has 6 nitrogen and oxygen atoms in total. The van der Waals surface area contributed by atoms with E-state index >= 15 is 0 Å². The summed E-state index contributed by atoms with van der Waals surface area (Å²) in [7, 11) is -0.292. The van der Waals surface area contributed by atoms with Crippen LogP contribution in [0.2, 0.25) is 0 Å². The molecule has 1 amide bonds. The lowest BCUT2D eigenvalue weighted by atomic mass is 9.94. The Morgan fingerprint density at radius 2 is 2.08 bits per heavy atom. The molecule has 1 aromatic rings. The lowest BCUT2D eigenvalue weighted by Crippen LogP contribution is -2.48. The first-order valence-electron chi connectivity index (χ1n) is 8.37. The van der Waals surface area contributed by atoms with Crippen LogP contribution in [0.5, 0.6) is 0 Å². The lowest BCUT2D eigenvalue weighted by molar-refractivity contribution is -0.135. The van der Waals surface area contributed by atoms with Crippen molar-refractivity contribution in [3.8, 4) is 0 Å². The molecule has 0 aliphatic carbocycles. The van der Waals surface area contributed by atoms with Gasteiger partial charge in [-0.15, -0.1) is 11.3 Å². The molecule has 0 N–H and O–H groups in total. The molecule has 24 heavy (non-hydrogen) atoms. The van der Waals surface area contributed by atoms with Gasteiger partial charge in [-0.1, -0.05) is 6.07 Å². The summed E-state index contributed by atoms with van der Waals surface area (Å²) < 4.78 is 27.8. The monoisotopic (exact) mass is 371 g/mol. The minimum atomic E-state index is -3.42. The van der Waals surface area contributed by atoms with Crippen molar-refractivity contribution in [2.24, 2.45) is 5.92 Å². The van der Waals surface area contributed by atoms with Gasteiger partial charge in [0.15, 0.2) is 0 Å². The number of nitrogens with zero attached hydrogens (tertiary/aromatic N) is 3. The summed E-state index contributed by atoms with van der Waals surface area (Å²) in [5.74, 6) is 0.395. The second-order valence-electron chi connectivity index (χ2n) is 6.83. The summed E-state index contributed by atoms with van der Waals surface area (Å²) in [6.45, 7) is 1.63. The van der Waals surface area contributed by atoms with Gasteiger partial charge in [0.05, 0.1) is 0 Å². The van der Waals surface area contributed by atoms with Crippen LogP contribution in [0.15, 0.2) is 17.5 Å². The van der Waals surface area contributed by atoms with E-state index in [9.17, 15) is 13.2 Å². The lowest BCUT2D eigenvalue weighted by Gasteiger charge is -2.36. The van der Waals surface area contributed by atoms with Crippen molar-refractivity contribution >= 4 is 27.5 Å². The van der Waals surface area contributed by atoms with Crippen LogP contribution in [-0.4, -0.2) is 67.6 Å². The molecule has 4 heterocycles. The quantitative estimate of drug-likeness (QED) is 0.786. The number of rotatable bonds is 5. The van der Waals surface area contributed by atoms with E-state index in [-0.39, 0.29) is 17.9 Å². The van der Waals surface area contributed by atoms with Crippen molar-refractivity contribution in [2.45, 2.75) is 31.7 Å². The number of aryl methyl sites for hydroxylation is 1. The van der Waals surface area contributed by atoms with E-state index < -0.39 is 10.2 Å². The third kappa shape index (κ3) is 3.66. The molecular weight excluding hydrogens is 346 g/mol. The van der Waals surface area contributed by atoms with Gasteiger partial charge in [-0.05, 0) is 36.6 Å². The standard InChI is InChI=1S/C16H25N3O3S2/c1-17(2)24(21,22)18-10-13-5-6-14(12-18)19(11-13)16(20)8-7-15-4-3-9-23-15/h3-4,9,13-14H,5-8,10-12H2,1-2H3/t13-,14+/m0/s1. The van der Waals surface area contributed by atoms with Crippen molar-refractivity contribution in [3.63, 3.8) is 0 Å². The average Bonchev–Trinajstić information content (AvgIpc) is 2.89. The Hall–Kier alpha value is -0.960. The molecule has 3 saturated heterocycles. The van der Waals surface area contributed by atoms with Crippen molar-refractivity contribution in [2.75, 3.05) is 33.7 Å². The van der Waals surface area contributed by atoms with Gasteiger partial charge in [0, 0.05) is 51.1 Å². The molecule has 0 saturated carbocycles. The fourth-order valence-electron chi connectivity index (χ4n) is 3.59. The second-order valence-corrected chi connectivity index (χ2v) is 10.0. The highest BCUT2D eigenvalue weighted by Gasteiger charge is 2.41. The SMILES string of the molecule is CN(C)S(=O)(=O)N1C[C@@H]2CC[C@H](C1)N(C(=O)CCc1cccs1)C2. The summed E-state index contributed by atoms with van der Waals surface area (Å²) >= 11 is 1.67. The molecule has 2 atom stereocenters. The van der Waals surface area contributed by atoms with E-state index in [1.165, 1.54) is 9.18 Å². The maximum Gasteiger partial charge on any atom is 0.281 e. The van der Waals surface area contributed by atoms with E-state index in [0.29, 0.717) is 26.1 Å². The normalized spacial score (nSPS) is 25.2. The van der Waals surface area contributed by atoms with Gasteiger partial charge in [0.2, 0.25) is 5.91 Å². The molecule has 0 spiro atoms. The van der Waals surface area contributed by atoms with E-state index in [4.69, 9.17) is 0 Å². The largest absolute Gasteiger partial charge is 0.338 e. The maximum absolute atomic E-state index is 12.7. The molecule has 0 unspecified atom stereocenters. The maximum atomic E-state index is 12.7. The molecule has 1 aromatic heterocycles. The summed E-state index contributed by atoms with van der Waals surface area (Å²) in [4.78, 5) is 15.8. The number of carbonyl (C=O) groups is 1. The molecule has 2 bridgehead atoms. The number of hydrogen-bond donors (Lipinski definition) is 0. The van der Waals surface area contributed by atoms with E-state index in [2.05, 4.69) is 6.07 Å². The Labute approximate surface area is 148 Å². The Bertz CT molecular complexity index is 673. The highest BCUT2D eigenvalue weighted by molar-refractivity contribution is 7.86. The Kier molecular flexibility index (Phi) is 5.29. The van der Waals surface area contributed by atoms with Crippen LogP contribution in [0.25, 0.3) is 0 Å². The topological polar surface area (TPSA) is 60.9 Å². The highest BCUT2D eigenvalue weighted by atomic mass is 32.2. The first-order chi connectivity index (χ1) is 11.4. The van der Waals surface area contributed by atoms with Gasteiger partial charge >= 0.3 is 0 Å². The number of hydrogen-bond acceptors (Lipinski definition) is 4. The van der Waals surface area contributed by atoms with Gasteiger partial charge in [0.25, 0.3) is 10.2 Å². The Morgan fingerprint density at radius 1 is 1.29 bits per heavy atom. The Balaban J connectivity index is 1.68. The van der Waals surface area contributed by atoms with E-state index in [1.54, 1.807) is 29.7 Å². The Morgan fingerprint density at radius 3 is 2.75 bits per heavy atom. The molecule has 4 rings (SSSR count). The minimum absolute atomic E-state index is 0.00862. The summed E-state index contributed by atoms with van der Waals surface area (Å²) in [5, 5.41) is 2.03. The molecule has 0 radical (unpaired) electrons. The fourth-order valence-corrected chi connectivity index (χ4v) is 5.52. The summed E-state index contributed by atoms with van der Waals surface area (Å²) in [6.07, 6.45) is 3.17. The molecule has 3 fully saturated rings. The summed E-state index contributed by atoms with van der Waals surface area (Å²) in [6, 6.07) is 4.06. The van der Waals surface area contributed by atoms with E-state index in [0.717, 1.165) is 19.3 Å². The van der Waals surface area contributed by atoms with Crippen molar-refractivity contribution in [1.29, 1.82) is 0 Å². The average molecular weight is 372 g/mol. The fraction of sp³-hybridized carbons (Fsp3) is 0.688. The van der Waals surface area contributed by atoms with Crippen LogP contribution < -0.4 is 0 Å². The van der Waals surface area contributed by atoms with Crippen molar-refractivity contribution < 1.29 is 13.2 Å². The first-order valence-corrected chi connectivity index (χ1v) is 10.6. The van der Waals surface area contributed by atoms with Gasteiger partial charge in [-0.3, -0.25) is 4.79 Å². The van der Waals surface area contributed by atoms with Gasteiger partial charge in [-0.2, -0.15) is 17.0 Å². The van der Waals surface area contributed by atoms with E-state index in [1.807, 2.05) is 16.3 Å². The van der Waals surface area contributed by atoms with Crippen LogP contribution >= 0.6 is 11.3 Å².